The SMILES string of the molecule is Cc1oc(C)c2c1c(=O)ccc1cc(C(N)=O)c(=O)oc12. The van der Waals surface area contributed by atoms with E-state index in [1.165, 1.54) is 18.2 Å². The molecular formula is C15H11NO5. The van der Waals surface area contributed by atoms with Crippen LogP contribution in [-0.2, 0) is 0 Å². The third-order valence-corrected chi connectivity index (χ3v) is 3.39. The monoisotopic (exact) mass is 285 g/mol. The molecule has 6 heteroatoms. The van der Waals surface area contributed by atoms with Crippen LogP contribution in [0.25, 0.3) is 21.7 Å². The summed E-state index contributed by atoms with van der Waals surface area (Å²) in [6.45, 7) is 3.34. The number of hydrogen-bond acceptors (Lipinski definition) is 5. The van der Waals surface area contributed by atoms with Crippen LogP contribution in [0.2, 0.25) is 0 Å². The molecule has 0 fully saturated rings. The Bertz CT molecular complexity index is 1030. The highest BCUT2D eigenvalue weighted by molar-refractivity contribution is 6.06. The van der Waals surface area contributed by atoms with Crippen LogP contribution in [-0.4, -0.2) is 5.91 Å². The zero-order valence-electron chi connectivity index (χ0n) is 11.4. The molecule has 0 aliphatic carbocycles. The molecule has 0 saturated heterocycles. The Morgan fingerprint density at radius 1 is 1.05 bits per heavy atom. The van der Waals surface area contributed by atoms with E-state index < -0.39 is 11.5 Å². The van der Waals surface area contributed by atoms with Crippen molar-refractivity contribution in [3.05, 3.63) is 55.9 Å². The largest absolute Gasteiger partial charge is 0.465 e. The van der Waals surface area contributed by atoms with Crippen molar-refractivity contribution >= 4 is 27.6 Å². The molecule has 0 bridgehead atoms. The molecule has 3 rings (SSSR count). The lowest BCUT2D eigenvalue weighted by atomic mass is 10.1. The van der Waals surface area contributed by atoms with E-state index >= 15 is 0 Å². The Kier molecular flexibility index (Phi) is 2.69. The summed E-state index contributed by atoms with van der Waals surface area (Å²) in [5.41, 5.74) is 3.99. The molecule has 0 aliphatic heterocycles. The average Bonchev–Trinajstić information content (AvgIpc) is 2.61. The van der Waals surface area contributed by atoms with Crippen LogP contribution >= 0.6 is 0 Å². The molecule has 1 aromatic carbocycles. The Labute approximate surface area is 117 Å². The van der Waals surface area contributed by atoms with E-state index in [1.807, 2.05) is 0 Å². The molecule has 6 nitrogen and oxygen atoms in total. The highest BCUT2D eigenvalue weighted by atomic mass is 16.4. The van der Waals surface area contributed by atoms with Gasteiger partial charge in [0.25, 0.3) is 5.91 Å². The first-order chi connectivity index (χ1) is 9.90. The van der Waals surface area contributed by atoms with Gasteiger partial charge in [0.15, 0.2) is 5.43 Å². The number of furan rings is 1. The average molecular weight is 285 g/mol. The van der Waals surface area contributed by atoms with Crippen LogP contribution in [0, 0.1) is 13.8 Å². The summed E-state index contributed by atoms with van der Waals surface area (Å²) < 4.78 is 10.7. The molecule has 0 radical (unpaired) electrons. The lowest BCUT2D eigenvalue weighted by Gasteiger charge is -1.97. The number of rotatable bonds is 1. The summed E-state index contributed by atoms with van der Waals surface area (Å²) in [7, 11) is 0. The smallest absolute Gasteiger partial charge is 0.349 e. The van der Waals surface area contributed by atoms with Gasteiger partial charge in [-0.2, -0.15) is 0 Å². The Balaban J connectivity index is 2.68. The molecule has 1 amide bonds. The highest BCUT2D eigenvalue weighted by Gasteiger charge is 2.17. The van der Waals surface area contributed by atoms with Gasteiger partial charge in [0.05, 0.1) is 10.8 Å². The van der Waals surface area contributed by atoms with Gasteiger partial charge in [-0.25, -0.2) is 4.79 Å². The number of primary amides is 1. The summed E-state index contributed by atoms with van der Waals surface area (Å²) in [6, 6.07) is 4.16. The molecule has 0 unspecified atom stereocenters. The number of fused-ring (bicyclic) bond motifs is 3. The molecular weight excluding hydrogens is 274 g/mol. The highest BCUT2D eigenvalue weighted by Crippen LogP contribution is 2.28. The van der Waals surface area contributed by atoms with Crippen molar-refractivity contribution in [1.82, 2.24) is 0 Å². The number of carbonyl (C=O) groups excluding carboxylic acids is 1. The summed E-state index contributed by atoms with van der Waals surface area (Å²) in [5.74, 6) is 0.0400. The van der Waals surface area contributed by atoms with Crippen LogP contribution < -0.4 is 16.8 Å². The molecule has 0 atom stereocenters. The summed E-state index contributed by atoms with van der Waals surface area (Å²) in [4.78, 5) is 35.2. The van der Waals surface area contributed by atoms with Gasteiger partial charge in [-0.1, -0.05) is 0 Å². The Morgan fingerprint density at radius 3 is 2.38 bits per heavy atom. The van der Waals surface area contributed by atoms with Gasteiger partial charge in [0.1, 0.15) is 22.7 Å². The molecule has 2 N–H and O–H groups in total. The lowest BCUT2D eigenvalue weighted by molar-refractivity contribution is 0.0997. The van der Waals surface area contributed by atoms with Crippen molar-refractivity contribution in [2.24, 2.45) is 5.73 Å². The normalized spacial score (nSPS) is 11.1. The van der Waals surface area contributed by atoms with Crippen LogP contribution in [0.3, 0.4) is 0 Å². The number of amides is 1. The van der Waals surface area contributed by atoms with Crippen molar-refractivity contribution in [1.29, 1.82) is 0 Å². The fourth-order valence-electron chi connectivity index (χ4n) is 2.48. The van der Waals surface area contributed by atoms with Gasteiger partial charge in [0.2, 0.25) is 0 Å². The van der Waals surface area contributed by atoms with E-state index in [2.05, 4.69) is 0 Å². The number of aryl methyl sites for hydroxylation is 2. The second kappa shape index (κ2) is 4.31. The van der Waals surface area contributed by atoms with Gasteiger partial charge in [0, 0.05) is 5.39 Å². The number of nitrogens with two attached hydrogens (primary N) is 1. The van der Waals surface area contributed by atoms with E-state index in [0.29, 0.717) is 27.7 Å². The van der Waals surface area contributed by atoms with Crippen LogP contribution in [0.15, 0.2) is 36.6 Å². The maximum absolute atomic E-state index is 12.2. The summed E-state index contributed by atoms with van der Waals surface area (Å²) in [5, 5.41) is 1.22. The lowest BCUT2D eigenvalue weighted by Crippen LogP contribution is -2.20. The van der Waals surface area contributed by atoms with Gasteiger partial charge in [-0.3, -0.25) is 9.59 Å². The van der Waals surface area contributed by atoms with Gasteiger partial charge in [-0.15, -0.1) is 0 Å². The second-order valence-electron chi connectivity index (χ2n) is 4.76. The van der Waals surface area contributed by atoms with Crippen molar-refractivity contribution in [3.8, 4) is 0 Å². The Morgan fingerprint density at radius 2 is 1.71 bits per heavy atom. The second-order valence-corrected chi connectivity index (χ2v) is 4.76. The topological polar surface area (TPSA) is 104 Å². The third-order valence-electron chi connectivity index (χ3n) is 3.39. The minimum atomic E-state index is -0.879. The Hall–Kier alpha value is -2.89. The molecule has 3 aromatic rings. The third kappa shape index (κ3) is 1.84. The molecule has 0 spiro atoms. The first-order valence-electron chi connectivity index (χ1n) is 6.21. The number of hydrogen-bond donors (Lipinski definition) is 1. The van der Waals surface area contributed by atoms with Crippen molar-refractivity contribution < 1.29 is 13.6 Å². The minimum Gasteiger partial charge on any atom is -0.465 e. The van der Waals surface area contributed by atoms with E-state index in [1.54, 1.807) is 13.8 Å². The van der Waals surface area contributed by atoms with Crippen LogP contribution in [0.4, 0.5) is 0 Å². The van der Waals surface area contributed by atoms with Gasteiger partial charge < -0.3 is 14.6 Å². The van der Waals surface area contributed by atoms with E-state index in [-0.39, 0.29) is 16.6 Å². The molecule has 21 heavy (non-hydrogen) atoms. The zero-order valence-corrected chi connectivity index (χ0v) is 11.4. The number of carbonyl (C=O) groups is 1. The van der Waals surface area contributed by atoms with E-state index in [4.69, 9.17) is 14.6 Å². The minimum absolute atomic E-state index is 0.205. The van der Waals surface area contributed by atoms with Gasteiger partial charge in [-0.05, 0) is 32.0 Å². The van der Waals surface area contributed by atoms with E-state index in [9.17, 15) is 14.4 Å². The fraction of sp³-hybridized carbons (Fsp3) is 0.133. The first-order valence-corrected chi connectivity index (χ1v) is 6.21. The predicted octanol–water partition coefficient (Wildman–Crippen LogP) is 1.62. The van der Waals surface area contributed by atoms with Gasteiger partial charge >= 0.3 is 5.63 Å². The van der Waals surface area contributed by atoms with E-state index in [0.717, 1.165) is 0 Å². The first kappa shape index (κ1) is 13.1. The predicted molar refractivity (Wildman–Crippen MR) is 76.5 cm³/mol. The summed E-state index contributed by atoms with van der Waals surface area (Å²) in [6.07, 6.45) is 0. The van der Waals surface area contributed by atoms with Crippen LogP contribution in [0.1, 0.15) is 21.9 Å². The molecule has 0 aliphatic rings. The molecule has 106 valence electrons. The quantitative estimate of drug-likeness (QED) is 0.731. The van der Waals surface area contributed by atoms with Crippen molar-refractivity contribution in [3.63, 3.8) is 0 Å². The standard InChI is InChI=1S/C15H11NO5/c1-6-11-10(17)4-3-8-5-9(14(16)18)15(19)21-13(8)12(11)7(2)20-6/h3-5H,1-2H3,(H2,16,18). The maximum atomic E-state index is 12.2. The molecule has 2 aromatic heterocycles. The maximum Gasteiger partial charge on any atom is 0.349 e. The van der Waals surface area contributed by atoms with Crippen molar-refractivity contribution in [2.75, 3.05) is 0 Å². The van der Waals surface area contributed by atoms with Crippen molar-refractivity contribution in [2.45, 2.75) is 13.8 Å². The summed E-state index contributed by atoms with van der Waals surface area (Å²) >= 11 is 0. The van der Waals surface area contributed by atoms with Crippen LogP contribution in [0.5, 0.6) is 0 Å². The molecule has 2 heterocycles. The molecule has 0 saturated carbocycles. The fourth-order valence-corrected chi connectivity index (χ4v) is 2.48. The zero-order chi connectivity index (χ0) is 15.3.